The predicted molar refractivity (Wildman–Crippen MR) is 45.0 cm³/mol. The fourth-order valence-electron chi connectivity index (χ4n) is 0.713. The quantitative estimate of drug-likeness (QED) is 0.310. The molecule has 0 saturated carbocycles. The van der Waals surface area contributed by atoms with E-state index in [0.29, 0.717) is 5.96 Å². The van der Waals surface area contributed by atoms with Gasteiger partial charge in [0, 0.05) is 27.7 Å². The van der Waals surface area contributed by atoms with Crippen LogP contribution in [0.2, 0.25) is 0 Å². The molecule has 4 nitrogen and oxygen atoms in total. The van der Waals surface area contributed by atoms with Crippen molar-refractivity contribution in [2.45, 2.75) is 6.92 Å². The minimum Gasteiger partial charge on any atom is -0.348 e. The Morgan fingerprint density at radius 1 is 1.45 bits per heavy atom. The molecule has 0 rings (SSSR count). The maximum Gasteiger partial charge on any atom is 0.211 e. The maximum absolute atomic E-state index is 8.34. The molecule has 0 N–H and O–H groups in total. The minimum atomic E-state index is 0.690. The molecule has 62 valence electrons. The van der Waals surface area contributed by atoms with Crippen LogP contribution in [0.1, 0.15) is 6.92 Å². The Hall–Kier alpha value is -1.24. The van der Waals surface area contributed by atoms with Crippen LogP contribution in [0.4, 0.5) is 0 Å². The highest BCUT2D eigenvalue weighted by molar-refractivity contribution is 5.80. The largest absolute Gasteiger partial charge is 0.348 e. The van der Waals surface area contributed by atoms with Crippen LogP contribution in [-0.2, 0) is 0 Å². The number of nitriles is 1. The zero-order valence-electron chi connectivity index (χ0n) is 7.50. The molecule has 11 heavy (non-hydrogen) atoms. The molecule has 0 amide bonds. The highest BCUT2D eigenvalue weighted by atomic mass is 15.3. The SMILES string of the molecule is CCN(C)/C(=N/C#N)N(C)C. The molecule has 4 heteroatoms. The molecule has 0 atom stereocenters. The summed E-state index contributed by atoms with van der Waals surface area (Å²) in [6.07, 6.45) is 1.77. The Morgan fingerprint density at radius 2 is 2.00 bits per heavy atom. The first-order chi connectivity index (χ1) is 5.13. The molecule has 0 radical (unpaired) electrons. The Balaban J connectivity index is 4.37. The first kappa shape index (κ1) is 9.76. The van der Waals surface area contributed by atoms with Gasteiger partial charge in [-0.05, 0) is 6.92 Å². The highest BCUT2D eigenvalue weighted by Crippen LogP contribution is 1.90. The average molecular weight is 154 g/mol. The summed E-state index contributed by atoms with van der Waals surface area (Å²) in [7, 11) is 5.63. The van der Waals surface area contributed by atoms with E-state index >= 15 is 0 Å². The summed E-state index contributed by atoms with van der Waals surface area (Å²) in [4.78, 5) is 7.39. The van der Waals surface area contributed by atoms with Crippen molar-refractivity contribution in [3.63, 3.8) is 0 Å². The van der Waals surface area contributed by atoms with Gasteiger partial charge in [-0.2, -0.15) is 5.26 Å². The molecule has 0 aliphatic carbocycles. The topological polar surface area (TPSA) is 42.6 Å². The second-order valence-corrected chi connectivity index (χ2v) is 2.42. The summed E-state index contributed by atoms with van der Waals surface area (Å²) in [5, 5.41) is 8.34. The molecule has 0 aromatic carbocycles. The predicted octanol–water partition coefficient (Wildman–Crippen LogP) is 0.337. The summed E-state index contributed by atoms with van der Waals surface area (Å²) in [6.45, 7) is 2.86. The van der Waals surface area contributed by atoms with Crippen molar-refractivity contribution in [1.82, 2.24) is 9.80 Å². The van der Waals surface area contributed by atoms with Crippen molar-refractivity contribution in [3.05, 3.63) is 0 Å². The van der Waals surface area contributed by atoms with Crippen molar-refractivity contribution in [3.8, 4) is 6.19 Å². The van der Waals surface area contributed by atoms with E-state index in [4.69, 9.17) is 5.26 Å². The van der Waals surface area contributed by atoms with Gasteiger partial charge in [-0.1, -0.05) is 0 Å². The summed E-state index contributed by atoms with van der Waals surface area (Å²) < 4.78 is 0. The van der Waals surface area contributed by atoms with Gasteiger partial charge in [-0.25, -0.2) is 0 Å². The molecular weight excluding hydrogens is 140 g/mol. The molecule has 0 spiro atoms. The Morgan fingerprint density at radius 3 is 2.27 bits per heavy atom. The zero-order valence-corrected chi connectivity index (χ0v) is 7.50. The second kappa shape index (κ2) is 4.56. The van der Waals surface area contributed by atoms with Gasteiger partial charge in [-0.15, -0.1) is 4.99 Å². The van der Waals surface area contributed by atoms with E-state index in [-0.39, 0.29) is 0 Å². The number of hydrogen-bond donors (Lipinski definition) is 0. The van der Waals surface area contributed by atoms with Gasteiger partial charge in [0.2, 0.25) is 12.2 Å². The summed E-state index contributed by atoms with van der Waals surface area (Å²) in [5.74, 6) is 0.690. The van der Waals surface area contributed by atoms with E-state index in [1.165, 1.54) is 0 Å². The molecule has 0 bridgehead atoms. The summed E-state index contributed by atoms with van der Waals surface area (Å²) in [5.41, 5.74) is 0. The number of hydrogen-bond acceptors (Lipinski definition) is 2. The van der Waals surface area contributed by atoms with E-state index < -0.39 is 0 Å². The smallest absolute Gasteiger partial charge is 0.211 e. The van der Waals surface area contributed by atoms with E-state index in [0.717, 1.165) is 6.54 Å². The van der Waals surface area contributed by atoms with Gasteiger partial charge >= 0.3 is 0 Å². The van der Waals surface area contributed by atoms with Crippen molar-refractivity contribution in [2.75, 3.05) is 27.7 Å². The lowest BCUT2D eigenvalue weighted by atomic mass is 10.6. The average Bonchev–Trinajstić information content (AvgIpc) is 1.98. The van der Waals surface area contributed by atoms with Crippen LogP contribution < -0.4 is 0 Å². The molecule has 0 unspecified atom stereocenters. The van der Waals surface area contributed by atoms with E-state index in [1.54, 1.807) is 6.19 Å². The third-order valence-electron chi connectivity index (χ3n) is 1.37. The van der Waals surface area contributed by atoms with Gasteiger partial charge < -0.3 is 9.80 Å². The minimum absolute atomic E-state index is 0.690. The van der Waals surface area contributed by atoms with Gasteiger partial charge in [0.25, 0.3) is 0 Å². The molecule has 0 aliphatic rings. The van der Waals surface area contributed by atoms with E-state index in [2.05, 4.69) is 4.99 Å². The maximum atomic E-state index is 8.34. The lowest BCUT2D eigenvalue weighted by Crippen LogP contribution is -2.37. The fourth-order valence-corrected chi connectivity index (χ4v) is 0.713. The summed E-state index contributed by atoms with van der Waals surface area (Å²) >= 11 is 0. The van der Waals surface area contributed by atoms with Crippen LogP contribution in [0, 0.1) is 11.5 Å². The normalized spacial score (nSPS) is 10.6. The molecule has 0 saturated heterocycles. The monoisotopic (exact) mass is 154 g/mol. The van der Waals surface area contributed by atoms with Crippen molar-refractivity contribution < 1.29 is 0 Å². The van der Waals surface area contributed by atoms with Crippen molar-refractivity contribution in [2.24, 2.45) is 4.99 Å². The van der Waals surface area contributed by atoms with Crippen LogP contribution >= 0.6 is 0 Å². The van der Waals surface area contributed by atoms with Gasteiger partial charge in [0.15, 0.2) is 0 Å². The number of guanidine groups is 1. The number of nitrogens with zero attached hydrogens (tertiary/aromatic N) is 4. The van der Waals surface area contributed by atoms with Crippen LogP contribution in [-0.4, -0.2) is 43.4 Å². The van der Waals surface area contributed by atoms with Gasteiger partial charge in [0.05, 0.1) is 0 Å². The standard InChI is InChI=1S/C7H14N4/c1-5-11(4)7(9-6-8)10(2)3/h5H2,1-4H3/b9-7+. The van der Waals surface area contributed by atoms with Crippen LogP contribution in [0.3, 0.4) is 0 Å². The Bertz CT molecular complexity index is 177. The molecule has 0 fully saturated rings. The Labute approximate surface area is 67.7 Å². The van der Waals surface area contributed by atoms with E-state index in [9.17, 15) is 0 Å². The molecular formula is C7H14N4. The van der Waals surface area contributed by atoms with Crippen LogP contribution in [0.25, 0.3) is 0 Å². The second-order valence-electron chi connectivity index (χ2n) is 2.42. The first-order valence-electron chi connectivity index (χ1n) is 3.48. The molecule has 0 aromatic rings. The number of aliphatic imine (C=N–C) groups is 1. The molecule has 0 heterocycles. The Kier molecular flexibility index (Phi) is 4.04. The van der Waals surface area contributed by atoms with Gasteiger partial charge in [0.1, 0.15) is 0 Å². The van der Waals surface area contributed by atoms with Crippen LogP contribution in [0.15, 0.2) is 4.99 Å². The first-order valence-corrected chi connectivity index (χ1v) is 3.48. The van der Waals surface area contributed by atoms with Crippen molar-refractivity contribution >= 4 is 5.96 Å². The molecule has 0 aliphatic heterocycles. The lowest BCUT2D eigenvalue weighted by molar-refractivity contribution is 0.442. The van der Waals surface area contributed by atoms with Crippen molar-refractivity contribution in [1.29, 1.82) is 5.26 Å². The summed E-state index contributed by atoms with van der Waals surface area (Å²) in [6, 6.07) is 0. The molecule has 0 aromatic heterocycles. The van der Waals surface area contributed by atoms with E-state index in [1.807, 2.05) is 37.9 Å². The third kappa shape index (κ3) is 2.89. The lowest BCUT2D eigenvalue weighted by Gasteiger charge is -2.23. The number of rotatable bonds is 1. The third-order valence-corrected chi connectivity index (χ3v) is 1.37. The fraction of sp³-hybridized carbons (Fsp3) is 0.714. The zero-order chi connectivity index (χ0) is 8.85. The highest BCUT2D eigenvalue weighted by Gasteiger charge is 2.05. The van der Waals surface area contributed by atoms with Crippen LogP contribution in [0.5, 0.6) is 0 Å². The van der Waals surface area contributed by atoms with Gasteiger partial charge in [-0.3, -0.25) is 0 Å².